The van der Waals surface area contributed by atoms with Gasteiger partial charge in [-0.05, 0) is 20.3 Å². The number of carbonyl (C=O) groups is 2. The van der Waals surface area contributed by atoms with Crippen molar-refractivity contribution in [3.8, 4) is 0 Å². The number of carboxylic acid groups (broad SMARTS) is 1. The van der Waals surface area contributed by atoms with Crippen LogP contribution in [0.5, 0.6) is 0 Å². The van der Waals surface area contributed by atoms with Crippen molar-refractivity contribution in [1.82, 2.24) is 0 Å². The summed E-state index contributed by atoms with van der Waals surface area (Å²) in [4.78, 5) is 20.6. The molecule has 116 valence electrons. The number of aliphatic carboxylic acids is 1. The molecule has 0 saturated carbocycles. The van der Waals surface area contributed by atoms with Gasteiger partial charge in [-0.2, -0.15) is 0 Å². The van der Waals surface area contributed by atoms with Crippen LogP contribution in [0.3, 0.4) is 0 Å². The lowest BCUT2D eigenvalue weighted by atomic mass is 10.1. The topological polar surface area (TPSA) is 63.6 Å². The lowest BCUT2D eigenvalue weighted by Crippen LogP contribution is -2.05. The number of carbonyl (C=O) groups excluding carboxylic acids is 1. The Kier molecular flexibility index (Phi) is 14.3. The fourth-order valence-corrected chi connectivity index (χ4v) is 1.17. The van der Waals surface area contributed by atoms with Crippen molar-refractivity contribution in [2.75, 3.05) is 6.61 Å². The highest BCUT2D eigenvalue weighted by atomic mass is 16.5. The summed E-state index contributed by atoms with van der Waals surface area (Å²) in [6, 6.07) is 0. The Labute approximate surface area is 122 Å². The molecule has 0 fully saturated rings. The molecule has 0 spiro atoms. The van der Waals surface area contributed by atoms with E-state index in [1.54, 1.807) is 6.92 Å². The van der Waals surface area contributed by atoms with Crippen LogP contribution in [0.4, 0.5) is 0 Å². The summed E-state index contributed by atoms with van der Waals surface area (Å²) < 4.78 is 4.97. The zero-order valence-corrected chi connectivity index (χ0v) is 13.0. The molecule has 0 bridgehead atoms. The molecule has 0 unspecified atom stereocenters. The number of ether oxygens (including phenoxy) is 1. The molecule has 0 aromatic rings. The molecule has 0 saturated heterocycles. The van der Waals surface area contributed by atoms with Gasteiger partial charge in [0, 0.05) is 11.1 Å². The standard InChI is InChI=1S/C12H22O2.C4H6O2/c1-4-5-6-7-8-9-10-14-12(13)11(2)3;1-3(2)4(5)6/h2,4-10H2,1,3H3;1H2,2H3,(H,5,6). The molecule has 0 aromatic heterocycles. The van der Waals surface area contributed by atoms with Crippen molar-refractivity contribution >= 4 is 11.9 Å². The lowest BCUT2D eigenvalue weighted by molar-refractivity contribution is -0.139. The second-order valence-corrected chi connectivity index (χ2v) is 4.77. The van der Waals surface area contributed by atoms with Crippen LogP contribution >= 0.6 is 0 Å². The molecule has 20 heavy (non-hydrogen) atoms. The average Bonchev–Trinajstić information content (AvgIpc) is 2.37. The number of esters is 1. The fourth-order valence-electron chi connectivity index (χ4n) is 1.17. The lowest BCUT2D eigenvalue weighted by Gasteiger charge is -2.03. The predicted molar refractivity (Wildman–Crippen MR) is 81.6 cm³/mol. The molecule has 0 rings (SSSR count). The van der Waals surface area contributed by atoms with Gasteiger partial charge in [0.05, 0.1) is 6.61 Å². The van der Waals surface area contributed by atoms with Crippen LogP contribution < -0.4 is 0 Å². The highest BCUT2D eigenvalue weighted by Gasteiger charge is 2.01. The third-order valence-corrected chi connectivity index (χ3v) is 2.44. The number of carboxylic acids is 1. The first-order valence-corrected chi connectivity index (χ1v) is 7.04. The van der Waals surface area contributed by atoms with Crippen molar-refractivity contribution in [2.24, 2.45) is 0 Å². The molecule has 0 aromatic carbocycles. The van der Waals surface area contributed by atoms with Gasteiger partial charge in [-0.15, -0.1) is 0 Å². The van der Waals surface area contributed by atoms with E-state index in [1.165, 1.54) is 32.6 Å². The largest absolute Gasteiger partial charge is 0.478 e. The molecular formula is C16H28O4. The number of unbranched alkanes of at least 4 members (excludes halogenated alkanes) is 5. The molecule has 0 aliphatic rings. The van der Waals surface area contributed by atoms with Gasteiger partial charge in [0.2, 0.25) is 0 Å². The summed E-state index contributed by atoms with van der Waals surface area (Å²) in [6.07, 6.45) is 7.26. The molecule has 0 atom stereocenters. The second-order valence-electron chi connectivity index (χ2n) is 4.77. The predicted octanol–water partition coefficient (Wildman–Crippen LogP) is 4.11. The highest BCUT2D eigenvalue weighted by Crippen LogP contribution is 2.05. The molecule has 0 aliphatic heterocycles. The van der Waals surface area contributed by atoms with Crippen molar-refractivity contribution in [3.05, 3.63) is 24.3 Å². The Balaban J connectivity index is 0. The van der Waals surface area contributed by atoms with Crippen LogP contribution in [0.15, 0.2) is 24.3 Å². The number of hydrogen-bond donors (Lipinski definition) is 1. The van der Waals surface area contributed by atoms with Crippen molar-refractivity contribution < 1.29 is 19.4 Å². The van der Waals surface area contributed by atoms with E-state index in [1.807, 2.05) is 0 Å². The first kappa shape index (κ1) is 20.7. The maximum Gasteiger partial charge on any atom is 0.333 e. The third kappa shape index (κ3) is 16.4. The van der Waals surface area contributed by atoms with Crippen LogP contribution in [-0.2, 0) is 14.3 Å². The zero-order valence-electron chi connectivity index (χ0n) is 13.0. The molecule has 0 heterocycles. The minimum absolute atomic E-state index is 0.176. The van der Waals surface area contributed by atoms with Gasteiger partial charge < -0.3 is 9.84 Å². The maximum absolute atomic E-state index is 11.0. The summed E-state index contributed by atoms with van der Waals surface area (Å²) in [5, 5.41) is 7.89. The Bertz CT molecular complexity index is 306. The summed E-state index contributed by atoms with van der Waals surface area (Å²) in [6.45, 7) is 12.5. The van der Waals surface area contributed by atoms with Gasteiger partial charge >= 0.3 is 11.9 Å². The number of hydrogen-bond acceptors (Lipinski definition) is 3. The molecule has 1 N–H and O–H groups in total. The normalized spacial score (nSPS) is 9.15. The Morgan fingerprint density at radius 3 is 1.80 bits per heavy atom. The Morgan fingerprint density at radius 2 is 1.40 bits per heavy atom. The molecule has 0 aliphatic carbocycles. The minimum Gasteiger partial charge on any atom is -0.478 e. The van der Waals surface area contributed by atoms with Gasteiger partial charge in [0.15, 0.2) is 0 Å². The fraction of sp³-hybridized carbons (Fsp3) is 0.625. The van der Waals surface area contributed by atoms with Crippen molar-refractivity contribution in [2.45, 2.75) is 59.3 Å². The first-order valence-electron chi connectivity index (χ1n) is 7.04. The van der Waals surface area contributed by atoms with E-state index in [9.17, 15) is 9.59 Å². The SMILES string of the molecule is C=C(C)C(=O)O.C=C(C)C(=O)OCCCCCCCC. The van der Waals surface area contributed by atoms with E-state index < -0.39 is 5.97 Å². The van der Waals surface area contributed by atoms with Crippen LogP contribution in [0.1, 0.15) is 59.3 Å². The van der Waals surface area contributed by atoms with Crippen LogP contribution in [-0.4, -0.2) is 23.7 Å². The van der Waals surface area contributed by atoms with Gasteiger partial charge in [0.1, 0.15) is 0 Å². The van der Waals surface area contributed by atoms with E-state index in [2.05, 4.69) is 20.1 Å². The van der Waals surface area contributed by atoms with Gasteiger partial charge in [-0.25, -0.2) is 9.59 Å². The van der Waals surface area contributed by atoms with Crippen LogP contribution in [0.25, 0.3) is 0 Å². The van der Waals surface area contributed by atoms with E-state index in [4.69, 9.17) is 9.84 Å². The van der Waals surface area contributed by atoms with Crippen LogP contribution in [0, 0.1) is 0 Å². The van der Waals surface area contributed by atoms with E-state index in [0.29, 0.717) is 12.2 Å². The van der Waals surface area contributed by atoms with Gasteiger partial charge in [-0.3, -0.25) is 0 Å². The average molecular weight is 284 g/mol. The van der Waals surface area contributed by atoms with Crippen molar-refractivity contribution in [3.63, 3.8) is 0 Å². The first-order chi connectivity index (χ1) is 9.32. The molecule has 4 nitrogen and oxygen atoms in total. The molecule has 4 heteroatoms. The second kappa shape index (κ2) is 13.8. The maximum atomic E-state index is 11.0. The zero-order chi connectivity index (χ0) is 16.0. The van der Waals surface area contributed by atoms with Crippen molar-refractivity contribution in [1.29, 1.82) is 0 Å². The minimum atomic E-state index is -0.935. The number of rotatable bonds is 9. The Morgan fingerprint density at radius 1 is 0.950 bits per heavy atom. The van der Waals surface area contributed by atoms with E-state index in [-0.39, 0.29) is 11.5 Å². The molecule has 0 radical (unpaired) electrons. The molecular weight excluding hydrogens is 256 g/mol. The summed E-state index contributed by atoms with van der Waals surface area (Å²) in [5.74, 6) is -1.20. The quantitative estimate of drug-likeness (QED) is 0.393. The van der Waals surface area contributed by atoms with E-state index >= 15 is 0 Å². The summed E-state index contributed by atoms with van der Waals surface area (Å²) >= 11 is 0. The summed E-state index contributed by atoms with van der Waals surface area (Å²) in [5.41, 5.74) is 0.658. The third-order valence-electron chi connectivity index (χ3n) is 2.44. The van der Waals surface area contributed by atoms with Crippen LogP contribution in [0.2, 0.25) is 0 Å². The monoisotopic (exact) mass is 284 g/mol. The molecule has 0 amide bonds. The highest BCUT2D eigenvalue weighted by molar-refractivity contribution is 5.86. The summed E-state index contributed by atoms with van der Waals surface area (Å²) in [7, 11) is 0. The van der Waals surface area contributed by atoms with Gasteiger partial charge in [-0.1, -0.05) is 52.2 Å². The van der Waals surface area contributed by atoms with E-state index in [0.717, 1.165) is 12.8 Å². The smallest absolute Gasteiger partial charge is 0.333 e. The van der Waals surface area contributed by atoms with Gasteiger partial charge in [0.25, 0.3) is 0 Å². The Hall–Kier alpha value is -1.58.